The molecule has 0 aliphatic carbocycles. The van der Waals surface area contributed by atoms with E-state index in [-0.39, 0.29) is 39.0 Å². The number of benzene rings is 2. The molecule has 1 aromatic heterocycles. The van der Waals surface area contributed by atoms with Crippen molar-refractivity contribution in [2.75, 3.05) is 0 Å². The Morgan fingerprint density at radius 2 is 1.53 bits per heavy atom. The van der Waals surface area contributed by atoms with E-state index in [1.807, 2.05) is 0 Å². The number of aromatic hydroxyl groups is 3. The lowest BCUT2D eigenvalue weighted by atomic mass is 10.0. The molecule has 0 radical (unpaired) electrons. The van der Waals surface area contributed by atoms with Crippen LogP contribution in [0.1, 0.15) is 5.76 Å². The van der Waals surface area contributed by atoms with E-state index in [1.54, 1.807) is 6.92 Å². The van der Waals surface area contributed by atoms with Crippen LogP contribution in [0.3, 0.4) is 0 Å². The fraction of sp³-hybridized carbons (Fsp3) is 0.0714. The van der Waals surface area contributed by atoms with Crippen LogP contribution < -0.4 is 5.43 Å². The summed E-state index contributed by atoms with van der Waals surface area (Å²) in [4.78, 5) is 11.5. The van der Waals surface area contributed by atoms with Gasteiger partial charge in [-0.15, -0.1) is 0 Å². The Balaban J connectivity index is 2.70. The summed E-state index contributed by atoms with van der Waals surface area (Å²) >= 11 is 0. The minimum atomic E-state index is -0.420. The molecule has 0 saturated carbocycles. The average molecular weight is 258 g/mol. The molecule has 2 aromatic carbocycles. The topological polar surface area (TPSA) is 90.9 Å². The summed E-state index contributed by atoms with van der Waals surface area (Å²) < 4.78 is 5.41. The first kappa shape index (κ1) is 11.4. The molecule has 0 spiro atoms. The van der Waals surface area contributed by atoms with Crippen LogP contribution in [0.15, 0.2) is 33.5 Å². The summed E-state index contributed by atoms with van der Waals surface area (Å²) in [5.41, 5.74) is -0.177. The summed E-state index contributed by atoms with van der Waals surface area (Å²) in [5.74, 6) is -0.157. The Morgan fingerprint density at radius 1 is 0.895 bits per heavy atom. The lowest BCUT2D eigenvalue weighted by molar-refractivity contribution is 0.460. The molecule has 96 valence electrons. The summed E-state index contributed by atoms with van der Waals surface area (Å²) in [7, 11) is 0. The lowest BCUT2D eigenvalue weighted by Gasteiger charge is -2.09. The van der Waals surface area contributed by atoms with Crippen molar-refractivity contribution in [1.29, 1.82) is 0 Å². The summed E-state index contributed by atoms with van der Waals surface area (Å²) in [6.07, 6.45) is 0. The predicted octanol–water partition coefficient (Wildman–Crippen LogP) is 2.37. The van der Waals surface area contributed by atoms with Crippen LogP contribution in [0.5, 0.6) is 17.2 Å². The van der Waals surface area contributed by atoms with Crippen molar-refractivity contribution in [3.8, 4) is 17.2 Å². The quantitative estimate of drug-likeness (QED) is 0.538. The molecule has 19 heavy (non-hydrogen) atoms. The van der Waals surface area contributed by atoms with Gasteiger partial charge in [0.25, 0.3) is 0 Å². The van der Waals surface area contributed by atoms with Crippen molar-refractivity contribution in [2.45, 2.75) is 6.92 Å². The number of aryl methyl sites for hydroxylation is 1. The van der Waals surface area contributed by atoms with Crippen LogP contribution in [0.2, 0.25) is 0 Å². The van der Waals surface area contributed by atoms with Crippen molar-refractivity contribution < 1.29 is 19.7 Å². The molecule has 3 aromatic rings. The first-order valence-corrected chi connectivity index (χ1v) is 5.59. The lowest BCUT2D eigenvalue weighted by Crippen LogP contribution is -1.96. The molecule has 0 atom stereocenters. The molecule has 3 rings (SSSR count). The van der Waals surface area contributed by atoms with Gasteiger partial charge in [-0.3, -0.25) is 4.79 Å². The maximum Gasteiger partial charge on any atom is 0.182 e. The standard InChI is InChI=1S/C14H10O5/c1-6-2-9(16)14-8-3-7(15)4-10(17)13(8)11(18)5-12(14)19-6/h2-5,16-18H,1H3. The van der Waals surface area contributed by atoms with E-state index in [0.717, 1.165) is 6.07 Å². The van der Waals surface area contributed by atoms with Crippen LogP contribution in [-0.4, -0.2) is 15.3 Å². The third-order valence-corrected chi connectivity index (χ3v) is 3.00. The van der Waals surface area contributed by atoms with Gasteiger partial charge in [0.05, 0.1) is 10.8 Å². The van der Waals surface area contributed by atoms with Crippen LogP contribution >= 0.6 is 0 Å². The second kappa shape index (κ2) is 3.65. The molecule has 3 N–H and O–H groups in total. The van der Waals surface area contributed by atoms with E-state index in [4.69, 9.17) is 4.42 Å². The maximum atomic E-state index is 11.5. The van der Waals surface area contributed by atoms with Gasteiger partial charge in [0, 0.05) is 23.6 Å². The number of phenolic OH excluding ortho intramolecular Hbond substituents is 2. The largest absolute Gasteiger partial charge is 0.507 e. The summed E-state index contributed by atoms with van der Waals surface area (Å²) in [5, 5.41) is 30.3. The third-order valence-electron chi connectivity index (χ3n) is 3.00. The van der Waals surface area contributed by atoms with E-state index < -0.39 is 5.43 Å². The maximum absolute atomic E-state index is 11.5. The van der Waals surface area contributed by atoms with Gasteiger partial charge in [-0.1, -0.05) is 0 Å². The fourth-order valence-corrected chi connectivity index (χ4v) is 2.28. The zero-order valence-electron chi connectivity index (χ0n) is 9.97. The van der Waals surface area contributed by atoms with Crippen LogP contribution in [0.4, 0.5) is 0 Å². The molecular formula is C14H10O5. The normalized spacial score (nSPS) is 11.2. The Kier molecular flexibility index (Phi) is 2.19. The van der Waals surface area contributed by atoms with Crippen molar-refractivity contribution in [1.82, 2.24) is 0 Å². The average Bonchev–Trinajstić information content (AvgIpc) is 2.25. The van der Waals surface area contributed by atoms with Crippen molar-refractivity contribution in [3.05, 3.63) is 40.2 Å². The SMILES string of the molecule is Cc1cc(O)c2c(cc(O)c3c(O)cc(=O)cc32)o1. The highest BCUT2D eigenvalue weighted by atomic mass is 16.3. The number of hydrogen-bond donors (Lipinski definition) is 3. The zero-order chi connectivity index (χ0) is 13.7. The number of phenols is 2. The van der Waals surface area contributed by atoms with E-state index in [9.17, 15) is 20.1 Å². The smallest absolute Gasteiger partial charge is 0.182 e. The monoisotopic (exact) mass is 258 g/mol. The second-order valence-corrected chi connectivity index (χ2v) is 4.38. The first-order chi connectivity index (χ1) is 8.97. The summed E-state index contributed by atoms with van der Waals surface area (Å²) in [6.45, 7) is 1.65. The van der Waals surface area contributed by atoms with E-state index in [1.165, 1.54) is 18.2 Å². The number of rotatable bonds is 0. The molecule has 0 amide bonds. The highest BCUT2D eigenvalue weighted by Gasteiger charge is 2.15. The van der Waals surface area contributed by atoms with Gasteiger partial charge in [0.15, 0.2) is 5.43 Å². The highest BCUT2D eigenvalue weighted by Crippen LogP contribution is 2.40. The number of fused-ring (bicyclic) bond motifs is 3. The number of hydrogen-bond acceptors (Lipinski definition) is 5. The van der Waals surface area contributed by atoms with Gasteiger partial charge in [0.2, 0.25) is 0 Å². The van der Waals surface area contributed by atoms with Crippen LogP contribution in [0, 0.1) is 6.92 Å². The van der Waals surface area contributed by atoms with Gasteiger partial charge in [0.1, 0.15) is 28.6 Å². The van der Waals surface area contributed by atoms with Gasteiger partial charge >= 0.3 is 0 Å². The van der Waals surface area contributed by atoms with Gasteiger partial charge in [-0.05, 0) is 13.0 Å². The molecule has 0 bridgehead atoms. The summed E-state index contributed by atoms with van der Waals surface area (Å²) in [6, 6.07) is 4.96. The minimum Gasteiger partial charge on any atom is -0.507 e. The van der Waals surface area contributed by atoms with E-state index in [0.29, 0.717) is 5.76 Å². The van der Waals surface area contributed by atoms with Gasteiger partial charge in [-0.25, -0.2) is 0 Å². The van der Waals surface area contributed by atoms with Crippen molar-refractivity contribution in [2.24, 2.45) is 0 Å². The Morgan fingerprint density at radius 3 is 2.26 bits per heavy atom. The molecule has 5 nitrogen and oxygen atoms in total. The van der Waals surface area contributed by atoms with E-state index >= 15 is 0 Å². The Labute approximate surface area is 107 Å². The predicted molar refractivity (Wildman–Crippen MR) is 69.7 cm³/mol. The van der Waals surface area contributed by atoms with Crippen molar-refractivity contribution >= 4 is 21.7 Å². The highest BCUT2D eigenvalue weighted by molar-refractivity contribution is 6.12. The molecule has 0 aliphatic rings. The minimum absolute atomic E-state index is 0.0752. The molecule has 0 unspecified atom stereocenters. The fourth-order valence-electron chi connectivity index (χ4n) is 2.28. The Bertz CT molecular complexity index is 877. The van der Waals surface area contributed by atoms with E-state index in [2.05, 4.69) is 0 Å². The van der Waals surface area contributed by atoms with Crippen LogP contribution in [-0.2, 0) is 0 Å². The molecule has 0 fully saturated rings. The molecule has 5 heteroatoms. The third kappa shape index (κ3) is 1.59. The zero-order valence-corrected chi connectivity index (χ0v) is 9.97. The molecular weight excluding hydrogens is 248 g/mol. The van der Waals surface area contributed by atoms with Gasteiger partial charge < -0.3 is 19.7 Å². The van der Waals surface area contributed by atoms with Crippen LogP contribution in [0.25, 0.3) is 21.7 Å². The Hall–Kier alpha value is -2.69. The van der Waals surface area contributed by atoms with Crippen molar-refractivity contribution in [3.63, 3.8) is 0 Å². The second-order valence-electron chi connectivity index (χ2n) is 4.38. The van der Waals surface area contributed by atoms with Gasteiger partial charge in [-0.2, -0.15) is 0 Å². The molecule has 0 saturated heterocycles. The molecule has 0 aliphatic heterocycles. The molecule has 1 heterocycles. The first-order valence-electron chi connectivity index (χ1n) is 5.59.